The van der Waals surface area contributed by atoms with Gasteiger partial charge in [0.1, 0.15) is 0 Å². The maximum Gasteiger partial charge on any atom is 0.169 e. The summed E-state index contributed by atoms with van der Waals surface area (Å²) >= 11 is 0. The smallest absolute Gasteiger partial charge is 0.169 e. The Labute approximate surface area is 90.8 Å². The van der Waals surface area contributed by atoms with Crippen LogP contribution in [0, 0.1) is 0 Å². The number of aromatic nitrogens is 1. The molecule has 0 N–H and O–H groups in total. The zero-order valence-corrected chi connectivity index (χ0v) is 9.51. The van der Waals surface area contributed by atoms with Gasteiger partial charge in [0.2, 0.25) is 0 Å². The molecule has 1 aromatic rings. The monoisotopic (exact) mass is 210 g/mol. The number of methoxy groups -OCH3 is 2. The molecule has 0 aliphatic heterocycles. The van der Waals surface area contributed by atoms with Crippen LogP contribution < -0.4 is 0 Å². The van der Waals surface area contributed by atoms with Gasteiger partial charge < -0.3 is 9.47 Å². The molecule has 0 atom stereocenters. The van der Waals surface area contributed by atoms with Gasteiger partial charge >= 0.3 is 0 Å². The standard InChI is InChI=1S/C11H18N2O2/c1-13(9-11(14-2)15-3)8-10-4-6-12-7-5-10/h4-7,11H,8-9H2,1-3H3. The Hall–Kier alpha value is -0.970. The Morgan fingerprint density at radius 1 is 1.27 bits per heavy atom. The second kappa shape index (κ2) is 6.50. The van der Waals surface area contributed by atoms with Gasteiger partial charge in [0.05, 0.1) is 0 Å². The zero-order valence-electron chi connectivity index (χ0n) is 9.51. The van der Waals surface area contributed by atoms with Gasteiger partial charge in [-0.3, -0.25) is 9.88 Å². The Morgan fingerprint density at radius 3 is 2.40 bits per heavy atom. The Bertz CT molecular complexity index is 263. The molecule has 1 heterocycles. The van der Waals surface area contributed by atoms with E-state index in [0.29, 0.717) is 0 Å². The van der Waals surface area contributed by atoms with Crippen LogP contribution in [-0.2, 0) is 16.0 Å². The van der Waals surface area contributed by atoms with Crippen molar-refractivity contribution < 1.29 is 9.47 Å². The summed E-state index contributed by atoms with van der Waals surface area (Å²) in [7, 11) is 5.33. The molecule has 1 rings (SSSR count). The number of nitrogens with zero attached hydrogens (tertiary/aromatic N) is 2. The first-order valence-corrected chi connectivity index (χ1v) is 4.89. The lowest BCUT2D eigenvalue weighted by Crippen LogP contribution is -2.31. The summed E-state index contributed by atoms with van der Waals surface area (Å²) in [5, 5.41) is 0. The normalized spacial score (nSPS) is 11.3. The predicted octanol–water partition coefficient (Wildman–Crippen LogP) is 1.13. The van der Waals surface area contributed by atoms with Crippen molar-refractivity contribution in [1.29, 1.82) is 0 Å². The van der Waals surface area contributed by atoms with E-state index in [1.54, 1.807) is 26.6 Å². The van der Waals surface area contributed by atoms with Crippen LogP contribution >= 0.6 is 0 Å². The summed E-state index contributed by atoms with van der Waals surface area (Å²) in [6, 6.07) is 4.01. The molecule has 1 aromatic heterocycles. The maximum absolute atomic E-state index is 5.13. The number of ether oxygens (including phenoxy) is 2. The van der Waals surface area contributed by atoms with Crippen molar-refractivity contribution in [1.82, 2.24) is 9.88 Å². The molecular weight excluding hydrogens is 192 g/mol. The summed E-state index contributed by atoms with van der Waals surface area (Å²) in [6.45, 7) is 1.61. The van der Waals surface area contributed by atoms with Crippen molar-refractivity contribution in [2.75, 3.05) is 27.8 Å². The molecule has 4 heteroatoms. The lowest BCUT2D eigenvalue weighted by molar-refractivity contribution is -0.114. The van der Waals surface area contributed by atoms with Gasteiger partial charge in [-0.2, -0.15) is 0 Å². The lowest BCUT2D eigenvalue weighted by atomic mass is 10.2. The van der Waals surface area contributed by atoms with Crippen molar-refractivity contribution in [3.8, 4) is 0 Å². The number of likely N-dealkylation sites (N-methyl/N-ethyl adjacent to an activating group) is 1. The van der Waals surface area contributed by atoms with Gasteiger partial charge in [0, 0.05) is 39.7 Å². The van der Waals surface area contributed by atoms with Gasteiger partial charge in [-0.1, -0.05) is 0 Å². The summed E-state index contributed by atoms with van der Waals surface area (Å²) < 4.78 is 10.3. The third-order valence-electron chi connectivity index (χ3n) is 2.19. The highest BCUT2D eigenvalue weighted by Gasteiger charge is 2.09. The van der Waals surface area contributed by atoms with E-state index in [2.05, 4.69) is 9.88 Å². The Kier molecular flexibility index (Phi) is 5.25. The summed E-state index contributed by atoms with van der Waals surface area (Å²) in [6.07, 6.45) is 3.43. The van der Waals surface area contributed by atoms with Crippen molar-refractivity contribution in [3.05, 3.63) is 30.1 Å². The van der Waals surface area contributed by atoms with E-state index in [-0.39, 0.29) is 6.29 Å². The third-order valence-corrected chi connectivity index (χ3v) is 2.19. The molecule has 0 amide bonds. The summed E-state index contributed by atoms with van der Waals surface area (Å²) in [5.74, 6) is 0. The molecule has 15 heavy (non-hydrogen) atoms. The minimum absolute atomic E-state index is 0.170. The molecule has 0 aliphatic rings. The fourth-order valence-electron chi connectivity index (χ4n) is 1.36. The maximum atomic E-state index is 5.13. The summed E-state index contributed by atoms with van der Waals surface area (Å²) in [5.41, 5.74) is 1.23. The highest BCUT2D eigenvalue weighted by molar-refractivity contribution is 5.09. The first kappa shape index (κ1) is 12.1. The minimum Gasteiger partial charge on any atom is -0.355 e. The number of pyridine rings is 1. The molecule has 0 saturated carbocycles. The molecule has 0 radical (unpaired) electrons. The van der Waals surface area contributed by atoms with E-state index in [4.69, 9.17) is 9.47 Å². The highest BCUT2D eigenvalue weighted by atomic mass is 16.7. The van der Waals surface area contributed by atoms with Gasteiger partial charge in [-0.15, -0.1) is 0 Å². The zero-order chi connectivity index (χ0) is 11.1. The van der Waals surface area contributed by atoms with Crippen molar-refractivity contribution in [2.24, 2.45) is 0 Å². The van der Waals surface area contributed by atoms with Crippen LogP contribution in [0.3, 0.4) is 0 Å². The quantitative estimate of drug-likeness (QED) is 0.659. The molecule has 0 spiro atoms. The van der Waals surface area contributed by atoms with Crippen LogP contribution in [0.25, 0.3) is 0 Å². The molecule has 0 aromatic carbocycles. The highest BCUT2D eigenvalue weighted by Crippen LogP contribution is 2.03. The van der Waals surface area contributed by atoms with E-state index in [1.807, 2.05) is 19.2 Å². The largest absolute Gasteiger partial charge is 0.355 e. The van der Waals surface area contributed by atoms with Gasteiger partial charge in [0.25, 0.3) is 0 Å². The van der Waals surface area contributed by atoms with Crippen molar-refractivity contribution in [3.63, 3.8) is 0 Å². The molecule has 4 nitrogen and oxygen atoms in total. The minimum atomic E-state index is -0.170. The Balaban J connectivity index is 2.39. The molecule has 0 unspecified atom stereocenters. The molecular formula is C11H18N2O2. The van der Waals surface area contributed by atoms with Crippen molar-refractivity contribution in [2.45, 2.75) is 12.8 Å². The van der Waals surface area contributed by atoms with Crippen LogP contribution in [0.5, 0.6) is 0 Å². The van der Waals surface area contributed by atoms with Crippen LogP contribution in [0.2, 0.25) is 0 Å². The SMILES string of the molecule is COC(CN(C)Cc1ccncc1)OC. The van der Waals surface area contributed by atoms with E-state index < -0.39 is 0 Å². The number of rotatable bonds is 6. The number of hydrogen-bond donors (Lipinski definition) is 0. The predicted molar refractivity (Wildman–Crippen MR) is 58.4 cm³/mol. The second-order valence-corrected chi connectivity index (χ2v) is 3.45. The fourth-order valence-corrected chi connectivity index (χ4v) is 1.36. The molecule has 0 bridgehead atoms. The van der Waals surface area contributed by atoms with Gasteiger partial charge in [0.15, 0.2) is 6.29 Å². The van der Waals surface area contributed by atoms with E-state index in [0.717, 1.165) is 13.1 Å². The van der Waals surface area contributed by atoms with Gasteiger partial charge in [-0.05, 0) is 24.7 Å². The average molecular weight is 210 g/mol. The van der Waals surface area contributed by atoms with E-state index >= 15 is 0 Å². The van der Waals surface area contributed by atoms with Crippen molar-refractivity contribution >= 4 is 0 Å². The molecule has 0 fully saturated rings. The second-order valence-electron chi connectivity index (χ2n) is 3.45. The van der Waals surface area contributed by atoms with Crippen LogP contribution in [-0.4, -0.2) is 44.0 Å². The average Bonchev–Trinajstić information content (AvgIpc) is 2.27. The first-order chi connectivity index (χ1) is 7.26. The van der Waals surface area contributed by atoms with Crippen LogP contribution in [0.4, 0.5) is 0 Å². The molecule has 0 aliphatic carbocycles. The fraction of sp³-hybridized carbons (Fsp3) is 0.545. The van der Waals surface area contributed by atoms with E-state index in [9.17, 15) is 0 Å². The first-order valence-electron chi connectivity index (χ1n) is 4.89. The van der Waals surface area contributed by atoms with Gasteiger partial charge in [-0.25, -0.2) is 0 Å². The van der Waals surface area contributed by atoms with Crippen LogP contribution in [0.1, 0.15) is 5.56 Å². The van der Waals surface area contributed by atoms with E-state index in [1.165, 1.54) is 5.56 Å². The lowest BCUT2D eigenvalue weighted by Gasteiger charge is -2.21. The third kappa shape index (κ3) is 4.38. The Morgan fingerprint density at radius 2 is 1.87 bits per heavy atom. The summed E-state index contributed by atoms with van der Waals surface area (Å²) in [4.78, 5) is 6.12. The van der Waals surface area contributed by atoms with Crippen LogP contribution in [0.15, 0.2) is 24.5 Å². The molecule has 84 valence electrons. The molecule has 0 saturated heterocycles. The number of hydrogen-bond acceptors (Lipinski definition) is 4. The topological polar surface area (TPSA) is 34.6 Å².